The number of rotatable bonds is 3. The Morgan fingerprint density at radius 3 is 2.31 bits per heavy atom. The van der Waals surface area contributed by atoms with E-state index in [1.807, 2.05) is 6.92 Å². The molecule has 1 rings (SSSR count). The number of halogens is 3. The Morgan fingerprint density at radius 2 is 1.85 bits per heavy atom. The molecule has 0 N–H and O–H groups in total. The molecule has 1 aromatic carbocycles. The van der Waals surface area contributed by atoms with Crippen LogP contribution in [0.5, 0.6) is 5.75 Å². The van der Waals surface area contributed by atoms with Gasteiger partial charge in [0, 0.05) is 5.02 Å². The summed E-state index contributed by atoms with van der Waals surface area (Å²) >= 11 is 5.42. The van der Waals surface area contributed by atoms with E-state index in [0.717, 1.165) is 12.1 Å². The van der Waals surface area contributed by atoms with Crippen molar-refractivity contribution in [3.63, 3.8) is 0 Å². The van der Waals surface area contributed by atoms with Gasteiger partial charge in [0.2, 0.25) is 0 Å². The maximum absolute atomic E-state index is 13.0. The first-order valence-corrected chi connectivity index (χ1v) is 4.30. The van der Waals surface area contributed by atoms with Gasteiger partial charge in [0.05, 0.1) is 6.61 Å². The van der Waals surface area contributed by atoms with Crippen LogP contribution in [-0.2, 0) is 0 Å². The molecule has 0 unspecified atom stereocenters. The number of benzene rings is 1. The minimum absolute atomic E-state index is 0.0267. The van der Waals surface area contributed by atoms with Crippen LogP contribution in [0.1, 0.15) is 13.3 Å². The average Bonchev–Trinajstić information content (AvgIpc) is 2.02. The maximum Gasteiger partial charge on any atom is 0.190 e. The topological polar surface area (TPSA) is 9.23 Å². The molecule has 0 spiro atoms. The largest absolute Gasteiger partial charge is 0.488 e. The highest BCUT2D eigenvalue weighted by Gasteiger charge is 2.11. The van der Waals surface area contributed by atoms with E-state index in [-0.39, 0.29) is 17.4 Å². The molecule has 0 radical (unpaired) electrons. The van der Waals surface area contributed by atoms with Gasteiger partial charge in [-0.1, -0.05) is 18.5 Å². The molecule has 0 aliphatic carbocycles. The van der Waals surface area contributed by atoms with Crippen LogP contribution in [0.15, 0.2) is 12.1 Å². The Bertz CT molecular complexity index is 279. The minimum Gasteiger partial charge on any atom is -0.488 e. The van der Waals surface area contributed by atoms with E-state index in [0.29, 0.717) is 6.42 Å². The summed E-state index contributed by atoms with van der Waals surface area (Å²) in [5, 5.41) is 0.0267. The molecule has 0 aliphatic heterocycles. The standard InChI is InChI=1S/C9H9ClF2O/c1-2-3-13-9-7(11)4-6(10)5-8(9)12/h4-5H,2-3H2,1H3. The highest BCUT2D eigenvalue weighted by Crippen LogP contribution is 2.25. The molecule has 0 saturated carbocycles. The Hall–Kier alpha value is -0.830. The SMILES string of the molecule is CCCOc1c(F)cc(Cl)cc1F. The van der Waals surface area contributed by atoms with Crippen molar-refractivity contribution in [2.24, 2.45) is 0 Å². The van der Waals surface area contributed by atoms with Gasteiger partial charge in [-0.25, -0.2) is 8.78 Å². The van der Waals surface area contributed by atoms with Gasteiger partial charge in [-0.05, 0) is 18.6 Å². The average molecular weight is 207 g/mol. The Labute approximate surface area is 80.3 Å². The second kappa shape index (κ2) is 4.42. The first-order chi connectivity index (χ1) is 6.15. The lowest BCUT2D eigenvalue weighted by Gasteiger charge is -2.06. The van der Waals surface area contributed by atoms with Gasteiger partial charge in [-0.3, -0.25) is 0 Å². The highest BCUT2D eigenvalue weighted by atomic mass is 35.5. The van der Waals surface area contributed by atoms with E-state index >= 15 is 0 Å². The van der Waals surface area contributed by atoms with Crippen LogP contribution in [0.4, 0.5) is 8.78 Å². The third-order valence-electron chi connectivity index (χ3n) is 1.41. The van der Waals surface area contributed by atoms with E-state index in [2.05, 4.69) is 0 Å². The van der Waals surface area contributed by atoms with Crippen molar-refractivity contribution in [2.75, 3.05) is 6.61 Å². The molecule has 0 amide bonds. The molecule has 4 heteroatoms. The predicted molar refractivity (Wildman–Crippen MR) is 47.2 cm³/mol. The monoisotopic (exact) mass is 206 g/mol. The van der Waals surface area contributed by atoms with Crippen LogP contribution in [0, 0.1) is 11.6 Å². The quantitative estimate of drug-likeness (QED) is 0.737. The first-order valence-electron chi connectivity index (χ1n) is 3.92. The number of hydrogen-bond donors (Lipinski definition) is 0. The highest BCUT2D eigenvalue weighted by molar-refractivity contribution is 6.30. The second-order valence-electron chi connectivity index (χ2n) is 2.55. The summed E-state index contributed by atoms with van der Waals surface area (Å²) < 4.78 is 30.8. The molecule has 0 bridgehead atoms. The summed E-state index contributed by atoms with van der Waals surface area (Å²) in [5.74, 6) is -1.89. The predicted octanol–water partition coefficient (Wildman–Crippen LogP) is 3.41. The fraction of sp³-hybridized carbons (Fsp3) is 0.333. The summed E-state index contributed by atoms with van der Waals surface area (Å²) in [6.45, 7) is 2.14. The molecule has 0 atom stereocenters. The summed E-state index contributed by atoms with van der Waals surface area (Å²) in [5.41, 5.74) is 0. The van der Waals surface area contributed by atoms with Crippen LogP contribution in [-0.4, -0.2) is 6.61 Å². The van der Waals surface area contributed by atoms with Gasteiger partial charge in [0.15, 0.2) is 17.4 Å². The van der Waals surface area contributed by atoms with Crippen molar-refractivity contribution in [2.45, 2.75) is 13.3 Å². The van der Waals surface area contributed by atoms with Crippen molar-refractivity contribution in [3.8, 4) is 5.75 Å². The van der Waals surface area contributed by atoms with Crippen LogP contribution in [0.25, 0.3) is 0 Å². The van der Waals surface area contributed by atoms with Crippen molar-refractivity contribution < 1.29 is 13.5 Å². The normalized spacial score (nSPS) is 10.2. The first kappa shape index (κ1) is 10.3. The smallest absolute Gasteiger partial charge is 0.190 e. The van der Waals surface area contributed by atoms with E-state index in [4.69, 9.17) is 16.3 Å². The third-order valence-corrected chi connectivity index (χ3v) is 1.63. The van der Waals surface area contributed by atoms with Gasteiger partial charge < -0.3 is 4.74 Å². The van der Waals surface area contributed by atoms with Gasteiger partial charge in [0.25, 0.3) is 0 Å². The number of ether oxygens (including phenoxy) is 1. The van der Waals surface area contributed by atoms with E-state index in [9.17, 15) is 8.78 Å². The van der Waals surface area contributed by atoms with Crippen molar-refractivity contribution in [1.29, 1.82) is 0 Å². The van der Waals surface area contributed by atoms with Crippen LogP contribution < -0.4 is 4.74 Å². The number of hydrogen-bond acceptors (Lipinski definition) is 1. The van der Waals surface area contributed by atoms with E-state index < -0.39 is 11.6 Å². The lowest BCUT2D eigenvalue weighted by atomic mass is 10.3. The Morgan fingerprint density at radius 1 is 1.31 bits per heavy atom. The zero-order chi connectivity index (χ0) is 9.84. The minimum atomic E-state index is -0.765. The molecule has 0 fully saturated rings. The Balaban J connectivity index is 2.92. The van der Waals surface area contributed by atoms with Crippen LogP contribution >= 0.6 is 11.6 Å². The molecule has 0 saturated heterocycles. The molecule has 0 heterocycles. The summed E-state index contributed by atoms with van der Waals surface area (Å²) in [6, 6.07) is 2.05. The van der Waals surface area contributed by atoms with Crippen molar-refractivity contribution >= 4 is 11.6 Å². The fourth-order valence-corrected chi connectivity index (χ4v) is 1.06. The molecule has 0 aliphatic rings. The lowest BCUT2D eigenvalue weighted by Crippen LogP contribution is -2.00. The van der Waals surface area contributed by atoms with E-state index in [1.54, 1.807) is 0 Å². The molecule has 0 aromatic heterocycles. The molecule has 1 nitrogen and oxygen atoms in total. The zero-order valence-corrected chi connectivity index (χ0v) is 7.87. The second-order valence-corrected chi connectivity index (χ2v) is 2.98. The fourth-order valence-electron chi connectivity index (χ4n) is 0.871. The molecule has 13 heavy (non-hydrogen) atoms. The van der Waals surface area contributed by atoms with Crippen LogP contribution in [0.2, 0.25) is 5.02 Å². The van der Waals surface area contributed by atoms with Crippen molar-refractivity contribution in [3.05, 3.63) is 28.8 Å². The molecule has 1 aromatic rings. The maximum atomic E-state index is 13.0. The Kier molecular flexibility index (Phi) is 3.48. The van der Waals surface area contributed by atoms with Gasteiger partial charge in [-0.15, -0.1) is 0 Å². The van der Waals surface area contributed by atoms with Gasteiger partial charge in [0.1, 0.15) is 0 Å². The zero-order valence-electron chi connectivity index (χ0n) is 7.11. The van der Waals surface area contributed by atoms with Crippen molar-refractivity contribution in [1.82, 2.24) is 0 Å². The third kappa shape index (κ3) is 2.56. The summed E-state index contributed by atoms with van der Waals surface area (Å²) in [6.07, 6.45) is 0.696. The van der Waals surface area contributed by atoms with Gasteiger partial charge >= 0.3 is 0 Å². The molecular formula is C9H9ClF2O. The summed E-state index contributed by atoms with van der Waals surface area (Å²) in [7, 11) is 0. The lowest BCUT2D eigenvalue weighted by molar-refractivity contribution is 0.285. The summed E-state index contributed by atoms with van der Waals surface area (Å²) in [4.78, 5) is 0. The molecule has 72 valence electrons. The van der Waals surface area contributed by atoms with E-state index in [1.165, 1.54) is 0 Å². The van der Waals surface area contributed by atoms with Crippen LogP contribution in [0.3, 0.4) is 0 Å². The molecular weight excluding hydrogens is 198 g/mol. The van der Waals surface area contributed by atoms with Gasteiger partial charge in [-0.2, -0.15) is 0 Å².